The molecule has 0 bridgehead atoms. The molecule has 5 heteroatoms. The third kappa shape index (κ3) is 8.65. The number of aryl methyl sites for hydroxylation is 1. The highest BCUT2D eigenvalue weighted by atomic mass is 16.5. The van der Waals surface area contributed by atoms with Crippen molar-refractivity contribution in [2.45, 2.75) is 84.1 Å². The fourth-order valence-electron chi connectivity index (χ4n) is 5.83. The van der Waals surface area contributed by atoms with Crippen LogP contribution in [0.4, 0.5) is 0 Å². The van der Waals surface area contributed by atoms with Crippen molar-refractivity contribution in [1.29, 1.82) is 0 Å². The molecule has 2 aromatic rings. The van der Waals surface area contributed by atoms with Crippen molar-refractivity contribution in [3.8, 4) is 0 Å². The molecule has 1 fully saturated rings. The molecular weight excluding hydrogens is 458 g/mol. The molecule has 1 saturated heterocycles. The summed E-state index contributed by atoms with van der Waals surface area (Å²) in [6.07, 6.45) is 14.1. The Kier molecular flexibility index (Phi) is 12.6. The number of aromatic nitrogens is 1. The highest BCUT2D eigenvalue weighted by Crippen LogP contribution is 2.33. The van der Waals surface area contributed by atoms with Gasteiger partial charge in [0.25, 0.3) is 0 Å². The van der Waals surface area contributed by atoms with Gasteiger partial charge < -0.3 is 10.1 Å². The molecule has 1 aliphatic rings. The number of pyridine rings is 1. The Morgan fingerprint density at radius 3 is 2.41 bits per heavy atom. The van der Waals surface area contributed by atoms with Gasteiger partial charge in [-0.1, -0.05) is 82.3 Å². The minimum absolute atomic E-state index is 0.103. The molecule has 1 N–H and O–H groups in total. The maximum absolute atomic E-state index is 13.9. The van der Waals surface area contributed by atoms with Crippen molar-refractivity contribution in [1.82, 2.24) is 15.2 Å². The zero-order valence-electron chi connectivity index (χ0n) is 23.5. The Hall–Kier alpha value is -2.24. The van der Waals surface area contributed by atoms with E-state index in [0.717, 1.165) is 70.3 Å². The van der Waals surface area contributed by atoms with E-state index in [9.17, 15) is 4.79 Å². The van der Waals surface area contributed by atoms with Gasteiger partial charge in [0, 0.05) is 24.9 Å². The number of ether oxygens (including phenoxy) is 1. The summed E-state index contributed by atoms with van der Waals surface area (Å²) < 4.78 is 6.25. The molecule has 0 saturated carbocycles. The third-order valence-corrected chi connectivity index (χ3v) is 8.08. The van der Waals surface area contributed by atoms with Crippen LogP contribution >= 0.6 is 0 Å². The Bertz CT molecular complexity index is 879. The van der Waals surface area contributed by atoms with Gasteiger partial charge in [-0.15, -0.1) is 0 Å². The summed E-state index contributed by atoms with van der Waals surface area (Å²) in [6, 6.07) is 14.4. The topological polar surface area (TPSA) is 54.5 Å². The van der Waals surface area contributed by atoms with E-state index in [1.54, 1.807) is 0 Å². The zero-order valence-corrected chi connectivity index (χ0v) is 23.5. The fourth-order valence-corrected chi connectivity index (χ4v) is 5.83. The second-order valence-corrected chi connectivity index (χ2v) is 10.9. The van der Waals surface area contributed by atoms with Crippen LogP contribution in [0.1, 0.15) is 83.3 Å². The van der Waals surface area contributed by atoms with Crippen LogP contribution in [0.25, 0.3) is 0 Å². The van der Waals surface area contributed by atoms with Crippen LogP contribution in [-0.4, -0.2) is 48.6 Å². The third-order valence-electron chi connectivity index (χ3n) is 8.08. The van der Waals surface area contributed by atoms with Crippen LogP contribution in [0.5, 0.6) is 0 Å². The van der Waals surface area contributed by atoms with E-state index < -0.39 is 5.54 Å². The SMILES string of the molecule is CCCC(CCC)[C@H](CNCCCc1cccnc1)COC(=O)[C@](C)(c1ccccc1)N1CCCCC1. The molecule has 1 aromatic carbocycles. The van der Waals surface area contributed by atoms with Gasteiger partial charge >= 0.3 is 5.97 Å². The zero-order chi connectivity index (χ0) is 26.3. The van der Waals surface area contributed by atoms with Crippen molar-refractivity contribution < 1.29 is 9.53 Å². The first-order chi connectivity index (χ1) is 18.1. The average Bonchev–Trinajstić information content (AvgIpc) is 2.95. The van der Waals surface area contributed by atoms with E-state index in [0.29, 0.717) is 18.4 Å². The molecule has 2 atom stereocenters. The van der Waals surface area contributed by atoms with Crippen molar-refractivity contribution in [3.63, 3.8) is 0 Å². The average molecular weight is 508 g/mol. The lowest BCUT2D eigenvalue weighted by atomic mass is 9.85. The highest BCUT2D eigenvalue weighted by molar-refractivity contribution is 5.82. The highest BCUT2D eigenvalue weighted by Gasteiger charge is 2.43. The van der Waals surface area contributed by atoms with E-state index in [1.165, 1.54) is 24.8 Å². The first-order valence-electron chi connectivity index (χ1n) is 14.7. The monoisotopic (exact) mass is 507 g/mol. The molecule has 5 nitrogen and oxygen atoms in total. The fraction of sp³-hybridized carbons (Fsp3) is 0.625. The van der Waals surface area contributed by atoms with Crippen molar-refractivity contribution in [2.75, 3.05) is 32.8 Å². The number of piperidine rings is 1. The lowest BCUT2D eigenvalue weighted by Crippen LogP contribution is -2.53. The van der Waals surface area contributed by atoms with Crippen LogP contribution in [0.2, 0.25) is 0 Å². The Morgan fingerprint density at radius 2 is 1.76 bits per heavy atom. The van der Waals surface area contributed by atoms with Crippen LogP contribution in [0, 0.1) is 11.8 Å². The Morgan fingerprint density at radius 1 is 1.03 bits per heavy atom. The molecule has 0 unspecified atom stereocenters. The lowest BCUT2D eigenvalue weighted by molar-refractivity contribution is -0.161. The first-order valence-corrected chi connectivity index (χ1v) is 14.7. The van der Waals surface area contributed by atoms with Crippen LogP contribution in [0.15, 0.2) is 54.9 Å². The number of nitrogens with zero attached hydrogens (tertiary/aromatic N) is 2. The van der Waals surface area contributed by atoms with Gasteiger partial charge in [-0.2, -0.15) is 0 Å². The standard InChI is InChI=1S/C32H49N3O2/c1-4-14-28(15-5-2)29(25-34-21-13-17-27-16-12-20-33-24-27)26-37-31(36)32(3,30-18-8-6-9-19-30)35-22-10-7-11-23-35/h6,8-9,12,16,18-20,24,28-29,34H,4-5,7,10-11,13-15,17,21-23,25-26H2,1-3H3/t29-,32+/m1/s1. The maximum Gasteiger partial charge on any atom is 0.330 e. The normalized spacial score (nSPS) is 16.9. The summed E-state index contributed by atoms with van der Waals surface area (Å²) in [7, 11) is 0. The molecule has 37 heavy (non-hydrogen) atoms. The lowest BCUT2D eigenvalue weighted by Gasteiger charge is -2.42. The number of carbonyl (C=O) groups is 1. The summed E-state index contributed by atoms with van der Waals surface area (Å²) in [4.78, 5) is 20.4. The minimum atomic E-state index is -0.742. The predicted molar refractivity (Wildman–Crippen MR) is 152 cm³/mol. The van der Waals surface area contributed by atoms with E-state index in [4.69, 9.17) is 4.74 Å². The van der Waals surface area contributed by atoms with E-state index >= 15 is 0 Å². The van der Waals surface area contributed by atoms with Gasteiger partial charge in [0.15, 0.2) is 0 Å². The number of carbonyl (C=O) groups excluding carboxylic acids is 1. The molecule has 0 aliphatic carbocycles. The maximum atomic E-state index is 13.9. The Balaban J connectivity index is 1.64. The molecule has 0 amide bonds. The minimum Gasteiger partial charge on any atom is -0.464 e. The largest absolute Gasteiger partial charge is 0.464 e. The van der Waals surface area contributed by atoms with Gasteiger partial charge in [0.2, 0.25) is 0 Å². The van der Waals surface area contributed by atoms with Crippen molar-refractivity contribution in [3.05, 3.63) is 66.0 Å². The molecule has 0 radical (unpaired) electrons. The van der Waals surface area contributed by atoms with Crippen molar-refractivity contribution in [2.24, 2.45) is 11.8 Å². The van der Waals surface area contributed by atoms with Crippen LogP contribution in [0.3, 0.4) is 0 Å². The number of hydrogen-bond acceptors (Lipinski definition) is 5. The number of hydrogen-bond donors (Lipinski definition) is 1. The number of nitrogens with one attached hydrogen (secondary N) is 1. The number of rotatable bonds is 16. The number of benzene rings is 1. The summed E-state index contributed by atoms with van der Waals surface area (Å²) in [6.45, 7) is 10.8. The van der Waals surface area contributed by atoms with Gasteiger partial charge in [0.1, 0.15) is 5.54 Å². The Labute approximate surface area is 225 Å². The van der Waals surface area contributed by atoms with E-state index in [-0.39, 0.29) is 5.97 Å². The van der Waals surface area contributed by atoms with Crippen molar-refractivity contribution >= 4 is 5.97 Å². The van der Waals surface area contributed by atoms with Gasteiger partial charge in [-0.25, -0.2) is 4.79 Å². The van der Waals surface area contributed by atoms with Gasteiger partial charge in [0.05, 0.1) is 6.61 Å². The molecule has 1 aromatic heterocycles. The first kappa shape index (κ1) is 29.3. The van der Waals surface area contributed by atoms with Crippen LogP contribution in [-0.2, 0) is 21.5 Å². The van der Waals surface area contributed by atoms with E-state index in [2.05, 4.69) is 54.2 Å². The number of esters is 1. The second-order valence-electron chi connectivity index (χ2n) is 10.9. The summed E-state index contributed by atoms with van der Waals surface area (Å²) in [5.41, 5.74) is 1.57. The van der Waals surface area contributed by atoms with Gasteiger partial charge in [-0.05, 0) is 75.4 Å². The molecular formula is C32H49N3O2. The number of likely N-dealkylation sites (tertiary alicyclic amines) is 1. The molecule has 204 valence electrons. The molecule has 1 aliphatic heterocycles. The summed E-state index contributed by atoms with van der Waals surface area (Å²) in [5, 5.41) is 3.69. The van der Waals surface area contributed by atoms with E-state index in [1.807, 2.05) is 36.7 Å². The van der Waals surface area contributed by atoms with Gasteiger partial charge in [-0.3, -0.25) is 9.88 Å². The second kappa shape index (κ2) is 15.9. The summed E-state index contributed by atoms with van der Waals surface area (Å²) in [5.74, 6) is 0.782. The van der Waals surface area contributed by atoms with Crippen LogP contribution < -0.4 is 5.32 Å². The molecule has 3 rings (SSSR count). The molecule has 0 spiro atoms. The molecule has 2 heterocycles. The summed E-state index contributed by atoms with van der Waals surface area (Å²) >= 11 is 0. The smallest absolute Gasteiger partial charge is 0.330 e. The quantitative estimate of drug-likeness (QED) is 0.211. The predicted octanol–water partition coefficient (Wildman–Crippen LogP) is 6.38.